The third kappa shape index (κ3) is 1.88. The predicted molar refractivity (Wildman–Crippen MR) is 68.3 cm³/mol. The molecule has 1 saturated carbocycles. The van der Waals surface area contributed by atoms with Crippen molar-refractivity contribution in [2.75, 3.05) is 0 Å². The van der Waals surface area contributed by atoms with Gasteiger partial charge in [0.05, 0.1) is 6.26 Å². The molecule has 0 unspecified atom stereocenters. The fraction of sp³-hybridized carbons (Fsp3) is 0.533. The minimum Gasteiger partial charge on any atom is -0.450 e. The normalized spacial score (nSPS) is 36.5. The van der Waals surface area contributed by atoms with E-state index in [4.69, 9.17) is 9.47 Å². The van der Waals surface area contributed by atoms with Gasteiger partial charge in [-0.05, 0) is 38.5 Å². The van der Waals surface area contributed by atoms with Crippen LogP contribution >= 0.6 is 0 Å². The van der Waals surface area contributed by atoms with Crippen LogP contribution in [0, 0.1) is 11.8 Å². The van der Waals surface area contributed by atoms with E-state index in [1.54, 1.807) is 6.92 Å². The maximum Gasteiger partial charge on any atom is 0.339 e. The Morgan fingerprint density at radius 1 is 1.25 bits per heavy atom. The van der Waals surface area contributed by atoms with E-state index >= 15 is 0 Å². The third-order valence-electron chi connectivity index (χ3n) is 4.32. The summed E-state index contributed by atoms with van der Waals surface area (Å²) in [5, 5.41) is 0. The molecule has 0 aromatic carbocycles. The molecule has 0 aromatic heterocycles. The minimum absolute atomic E-state index is 0.0890. The van der Waals surface area contributed by atoms with Gasteiger partial charge in [0, 0.05) is 23.1 Å². The average Bonchev–Trinajstić information content (AvgIpc) is 2.92. The molecule has 0 amide bonds. The Hall–Kier alpha value is -1.91. The summed E-state index contributed by atoms with van der Waals surface area (Å²) in [7, 11) is 0. The Balaban J connectivity index is 1.74. The standard InChI is InChI=1S/C15H16O5/c1-9-6-15(20-14(9)18)13(17)12(8-19-15)11-4-2-10(7-16)3-5-11/h6-8,10-11H,2-5H2,1H3/t10?,11?,15-/m1/s1. The lowest BCUT2D eigenvalue weighted by Gasteiger charge is -2.26. The highest BCUT2D eigenvalue weighted by atomic mass is 16.7. The summed E-state index contributed by atoms with van der Waals surface area (Å²) in [6, 6.07) is 0. The average molecular weight is 276 g/mol. The molecule has 1 fully saturated rings. The first-order valence-electron chi connectivity index (χ1n) is 6.86. The SMILES string of the molecule is CC1=C[C@@]2(OC=C(C3CCC(C=O)CC3)C2=O)OC1=O. The first-order chi connectivity index (χ1) is 9.55. The topological polar surface area (TPSA) is 69.7 Å². The summed E-state index contributed by atoms with van der Waals surface area (Å²) < 4.78 is 10.5. The van der Waals surface area contributed by atoms with Gasteiger partial charge in [0.25, 0.3) is 5.78 Å². The van der Waals surface area contributed by atoms with Gasteiger partial charge in [-0.3, -0.25) is 4.79 Å². The van der Waals surface area contributed by atoms with Crippen LogP contribution in [0.3, 0.4) is 0 Å². The van der Waals surface area contributed by atoms with E-state index in [0.717, 1.165) is 32.0 Å². The summed E-state index contributed by atoms with van der Waals surface area (Å²) in [5.74, 6) is -2.16. The number of hydrogen-bond donors (Lipinski definition) is 0. The van der Waals surface area contributed by atoms with Crippen LogP contribution in [0.1, 0.15) is 32.6 Å². The van der Waals surface area contributed by atoms with Gasteiger partial charge in [-0.1, -0.05) is 0 Å². The van der Waals surface area contributed by atoms with Crippen molar-refractivity contribution >= 4 is 18.0 Å². The molecule has 0 radical (unpaired) electrons. The molecule has 1 spiro atoms. The second-order valence-electron chi connectivity index (χ2n) is 5.65. The quantitative estimate of drug-likeness (QED) is 0.567. The molecule has 0 aromatic rings. The molecular weight excluding hydrogens is 260 g/mol. The maximum absolute atomic E-state index is 12.5. The lowest BCUT2D eigenvalue weighted by molar-refractivity contribution is -0.181. The van der Waals surface area contributed by atoms with Gasteiger partial charge in [0.1, 0.15) is 6.29 Å². The molecule has 106 valence electrons. The van der Waals surface area contributed by atoms with Crippen molar-refractivity contribution in [3.63, 3.8) is 0 Å². The summed E-state index contributed by atoms with van der Waals surface area (Å²) >= 11 is 0. The Bertz CT molecular complexity index is 536. The molecule has 0 bridgehead atoms. The molecular formula is C15H16O5. The van der Waals surface area contributed by atoms with Crippen molar-refractivity contribution in [3.05, 3.63) is 23.5 Å². The fourth-order valence-corrected chi connectivity index (χ4v) is 3.07. The first-order valence-corrected chi connectivity index (χ1v) is 6.86. The Kier molecular flexibility index (Phi) is 3.00. The Labute approximate surface area is 116 Å². The lowest BCUT2D eigenvalue weighted by Crippen LogP contribution is -2.37. The van der Waals surface area contributed by atoms with E-state index in [0.29, 0.717) is 11.1 Å². The van der Waals surface area contributed by atoms with Crippen molar-refractivity contribution in [2.45, 2.75) is 38.4 Å². The summed E-state index contributed by atoms with van der Waals surface area (Å²) in [6.45, 7) is 1.60. The molecule has 5 heteroatoms. The number of Topliss-reactive ketones (excluding diaryl/α,β-unsaturated/α-hetero) is 1. The van der Waals surface area contributed by atoms with Gasteiger partial charge in [0.2, 0.25) is 0 Å². The van der Waals surface area contributed by atoms with Crippen molar-refractivity contribution < 1.29 is 23.9 Å². The van der Waals surface area contributed by atoms with Crippen LogP contribution in [0.5, 0.6) is 0 Å². The van der Waals surface area contributed by atoms with Crippen molar-refractivity contribution in [1.29, 1.82) is 0 Å². The van der Waals surface area contributed by atoms with Crippen LogP contribution in [0.15, 0.2) is 23.5 Å². The molecule has 0 N–H and O–H groups in total. The fourth-order valence-electron chi connectivity index (χ4n) is 3.07. The van der Waals surface area contributed by atoms with Gasteiger partial charge in [-0.25, -0.2) is 4.79 Å². The van der Waals surface area contributed by atoms with Crippen LogP contribution in [-0.4, -0.2) is 23.8 Å². The molecule has 20 heavy (non-hydrogen) atoms. The molecule has 3 rings (SSSR count). The van der Waals surface area contributed by atoms with Gasteiger partial charge < -0.3 is 14.3 Å². The van der Waals surface area contributed by atoms with E-state index in [-0.39, 0.29) is 17.6 Å². The zero-order chi connectivity index (χ0) is 14.3. The number of esters is 1. The van der Waals surface area contributed by atoms with Crippen LogP contribution in [0.4, 0.5) is 0 Å². The monoisotopic (exact) mass is 276 g/mol. The molecule has 2 aliphatic heterocycles. The highest BCUT2D eigenvalue weighted by molar-refractivity contribution is 6.08. The lowest BCUT2D eigenvalue weighted by atomic mass is 9.78. The zero-order valence-corrected chi connectivity index (χ0v) is 11.3. The van der Waals surface area contributed by atoms with Gasteiger partial charge >= 0.3 is 11.8 Å². The second-order valence-corrected chi connectivity index (χ2v) is 5.65. The van der Waals surface area contributed by atoms with Crippen LogP contribution < -0.4 is 0 Å². The van der Waals surface area contributed by atoms with E-state index < -0.39 is 11.8 Å². The number of aldehydes is 1. The predicted octanol–water partition coefficient (Wildman–Crippen LogP) is 1.67. The second kappa shape index (κ2) is 4.58. The van der Waals surface area contributed by atoms with Crippen molar-refractivity contribution in [2.24, 2.45) is 11.8 Å². The number of hydrogen-bond acceptors (Lipinski definition) is 5. The van der Waals surface area contributed by atoms with Crippen LogP contribution in [-0.2, 0) is 23.9 Å². The summed E-state index contributed by atoms with van der Waals surface area (Å²) in [6.07, 6.45) is 7.02. The first kappa shape index (κ1) is 13.1. The number of rotatable bonds is 2. The molecule has 2 heterocycles. The van der Waals surface area contributed by atoms with Crippen LogP contribution in [0.2, 0.25) is 0 Å². The zero-order valence-electron chi connectivity index (χ0n) is 11.3. The number of carbonyl (C=O) groups is 3. The highest BCUT2D eigenvalue weighted by Gasteiger charge is 2.53. The maximum atomic E-state index is 12.5. The van der Waals surface area contributed by atoms with Crippen LogP contribution in [0.25, 0.3) is 0 Å². The number of ketones is 1. The van der Waals surface area contributed by atoms with Gasteiger partial charge in [0.15, 0.2) is 0 Å². The van der Waals surface area contributed by atoms with Gasteiger partial charge in [-0.15, -0.1) is 0 Å². The molecule has 1 aliphatic carbocycles. The third-order valence-corrected chi connectivity index (χ3v) is 4.32. The van der Waals surface area contributed by atoms with E-state index in [1.165, 1.54) is 12.3 Å². The molecule has 0 saturated heterocycles. The summed E-state index contributed by atoms with van der Waals surface area (Å²) in [4.78, 5) is 34.7. The smallest absolute Gasteiger partial charge is 0.339 e. The number of carbonyl (C=O) groups excluding carboxylic acids is 3. The van der Waals surface area contributed by atoms with E-state index in [9.17, 15) is 14.4 Å². The molecule has 5 nitrogen and oxygen atoms in total. The van der Waals surface area contributed by atoms with Gasteiger partial charge in [-0.2, -0.15) is 0 Å². The number of ether oxygens (including phenoxy) is 2. The van der Waals surface area contributed by atoms with Crippen molar-refractivity contribution in [3.8, 4) is 0 Å². The summed E-state index contributed by atoms with van der Waals surface area (Å²) in [5.41, 5.74) is 0.964. The van der Waals surface area contributed by atoms with E-state index in [1.807, 2.05) is 0 Å². The largest absolute Gasteiger partial charge is 0.450 e. The Morgan fingerprint density at radius 2 is 1.95 bits per heavy atom. The Morgan fingerprint density at radius 3 is 2.50 bits per heavy atom. The van der Waals surface area contributed by atoms with Crippen molar-refractivity contribution in [1.82, 2.24) is 0 Å². The van der Waals surface area contributed by atoms with E-state index in [2.05, 4.69) is 0 Å². The molecule has 1 atom stereocenters. The molecule has 3 aliphatic rings. The minimum atomic E-state index is -1.56. The highest BCUT2D eigenvalue weighted by Crippen LogP contribution is 2.41.